The van der Waals surface area contributed by atoms with Crippen molar-refractivity contribution < 1.29 is 4.74 Å². The summed E-state index contributed by atoms with van der Waals surface area (Å²) in [6.07, 6.45) is 2.46. The number of nitrogens with one attached hydrogen (secondary N) is 1. The van der Waals surface area contributed by atoms with E-state index in [1.54, 1.807) is 7.11 Å². The van der Waals surface area contributed by atoms with E-state index in [1.165, 1.54) is 18.4 Å². The van der Waals surface area contributed by atoms with Crippen LogP contribution >= 0.6 is 28.3 Å². The van der Waals surface area contributed by atoms with E-state index in [0.29, 0.717) is 6.04 Å². The Hall–Kier alpha value is -0.290. The number of piperidine rings is 1. The van der Waals surface area contributed by atoms with Gasteiger partial charge in [0.1, 0.15) is 5.75 Å². The van der Waals surface area contributed by atoms with Gasteiger partial charge in [-0.3, -0.25) is 4.90 Å². The first-order valence-electron chi connectivity index (χ1n) is 6.45. The van der Waals surface area contributed by atoms with Crippen molar-refractivity contribution in [2.24, 2.45) is 0 Å². The van der Waals surface area contributed by atoms with Crippen LogP contribution in [0.3, 0.4) is 0 Å². The molecule has 0 atom stereocenters. The van der Waals surface area contributed by atoms with Gasteiger partial charge < -0.3 is 10.1 Å². The Bertz CT molecular complexity index is 395. The van der Waals surface area contributed by atoms with Crippen LogP contribution in [0.1, 0.15) is 18.4 Å². The fraction of sp³-hybridized carbons (Fsp3) is 0.571. The minimum Gasteiger partial charge on any atom is -0.496 e. The molecular formula is C14H22BrClN2O. The molecule has 2 rings (SSSR count). The zero-order valence-electron chi connectivity index (χ0n) is 11.5. The molecular weight excluding hydrogens is 328 g/mol. The topological polar surface area (TPSA) is 24.5 Å². The van der Waals surface area contributed by atoms with Crippen LogP contribution in [0, 0.1) is 0 Å². The van der Waals surface area contributed by atoms with Gasteiger partial charge in [0.25, 0.3) is 0 Å². The average molecular weight is 350 g/mol. The Balaban J connectivity index is 0.00000180. The van der Waals surface area contributed by atoms with E-state index in [4.69, 9.17) is 4.74 Å². The van der Waals surface area contributed by atoms with Crippen LogP contribution in [0.5, 0.6) is 5.75 Å². The van der Waals surface area contributed by atoms with Crippen LogP contribution in [0.4, 0.5) is 0 Å². The molecule has 1 N–H and O–H groups in total. The second-order valence-electron chi connectivity index (χ2n) is 4.80. The Morgan fingerprint density at radius 3 is 2.63 bits per heavy atom. The summed E-state index contributed by atoms with van der Waals surface area (Å²) in [5, 5.41) is 3.36. The highest BCUT2D eigenvalue weighted by atomic mass is 79.9. The predicted octanol–water partition coefficient (Wildman–Crippen LogP) is 3.06. The molecule has 5 heteroatoms. The third-order valence-corrected chi connectivity index (χ3v) is 4.13. The molecule has 0 aliphatic carbocycles. The summed E-state index contributed by atoms with van der Waals surface area (Å²) >= 11 is 3.53. The first-order valence-corrected chi connectivity index (χ1v) is 7.24. The minimum absolute atomic E-state index is 0. The van der Waals surface area contributed by atoms with E-state index in [1.807, 2.05) is 12.1 Å². The standard InChI is InChI=1S/C14H21BrN2O.ClH/c1-16-13-5-7-17(8-6-13)10-11-9-12(15)3-4-14(11)18-2;/h3-4,9,13,16H,5-8,10H2,1-2H3;1H. The van der Waals surface area contributed by atoms with Crippen molar-refractivity contribution in [1.29, 1.82) is 0 Å². The van der Waals surface area contributed by atoms with Crippen molar-refractivity contribution in [2.75, 3.05) is 27.2 Å². The van der Waals surface area contributed by atoms with E-state index in [2.05, 4.69) is 39.3 Å². The van der Waals surface area contributed by atoms with Gasteiger partial charge in [0.05, 0.1) is 7.11 Å². The zero-order valence-corrected chi connectivity index (χ0v) is 13.9. The van der Waals surface area contributed by atoms with Crippen LogP contribution in [-0.4, -0.2) is 38.2 Å². The average Bonchev–Trinajstić information content (AvgIpc) is 2.40. The van der Waals surface area contributed by atoms with Gasteiger partial charge in [0.2, 0.25) is 0 Å². The number of nitrogens with zero attached hydrogens (tertiary/aromatic N) is 1. The molecule has 0 unspecified atom stereocenters. The third kappa shape index (κ3) is 4.63. The molecule has 0 amide bonds. The lowest BCUT2D eigenvalue weighted by atomic mass is 10.0. The maximum absolute atomic E-state index is 5.42. The Kier molecular flexibility index (Phi) is 7.15. The lowest BCUT2D eigenvalue weighted by molar-refractivity contribution is 0.192. The van der Waals surface area contributed by atoms with Gasteiger partial charge in [0.15, 0.2) is 0 Å². The first kappa shape index (κ1) is 16.8. The molecule has 0 saturated carbocycles. The van der Waals surface area contributed by atoms with Crippen LogP contribution < -0.4 is 10.1 Å². The number of hydrogen-bond acceptors (Lipinski definition) is 3. The van der Waals surface area contributed by atoms with E-state index in [0.717, 1.165) is 29.9 Å². The summed E-state index contributed by atoms with van der Waals surface area (Å²) in [5.74, 6) is 0.980. The quantitative estimate of drug-likeness (QED) is 0.904. The van der Waals surface area contributed by atoms with E-state index >= 15 is 0 Å². The Labute approximate surface area is 130 Å². The van der Waals surface area contributed by atoms with Gasteiger partial charge in [0, 0.05) is 22.6 Å². The molecule has 3 nitrogen and oxygen atoms in total. The van der Waals surface area contributed by atoms with Gasteiger partial charge in [-0.05, 0) is 51.2 Å². The molecule has 0 spiro atoms. The summed E-state index contributed by atoms with van der Waals surface area (Å²) < 4.78 is 6.54. The monoisotopic (exact) mass is 348 g/mol. The molecule has 0 radical (unpaired) electrons. The summed E-state index contributed by atoms with van der Waals surface area (Å²) in [6, 6.07) is 6.89. The van der Waals surface area contributed by atoms with Crippen molar-refractivity contribution in [2.45, 2.75) is 25.4 Å². The first-order chi connectivity index (χ1) is 8.72. The molecule has 1 aromatic rings. The van der Waals surface area contributed by atoms with Crippen molar-refractivity contribution in [3.8, 4) is 5.75 Å². The highest BCUT2D eigenvalue weighted by Crippen LogP contribution is 2.25. The van der Waals surface area contributed by atoms with Gasteiger partial charge in [-0.1, -0.05) is 15.9 Å². The number of benzene rings is 1. The van der Waals surface area contributed by atoms with Crippen molar-refractivity contribution >= 4 is 28.3 Å². The normalized spacial score (nSPS) is 17.0. The Morgan fingerprint density at radius 2 is 2.05 bits per heavy atom. The second-order valence-corrected chi connectivity index (χ2v) is 5.71. The molecule has 1 heterocycles. The molecule has 1 fully saturated rings. The highest BCUT2D eigenvalue weighted by Gasteiger charge is 2.18. The fourth-order valence-electron chi connectivity index (χ4n) is 2.49. The van der Waals surface area contributed by atoms with Crippen LogP contribution in [0.2, 0.25) is 0 Å². The summed E-state index contributed by atoms with van der Waals surface area (Å²) in [4.78, 5) is 2.50. The molecule has 0 bridgehead atoms. The zero-order chi connectivity index (χ0) is 13.0. The van der Waals surface area contributed by atoms with Crippen LogP contribution in [0.25, 0.3) is 0 Å². The number of ether oxygens (including phenoxy) is 1. The number of methoxy groups -OCH3 is 1. The molecule has 108 valence electrons. The Morgan fingerprint density at radius 1 is 1.37 bits per heavy atom. The smallest absolute Gasteiger partial charge is 0.123 e. The SMILES string of the molecule is CNC1CCN(Cc2cc(Br)ccc2OC)CC1.Cl. The maximum atomic E-state index is 5.42. The fourth-order valence-corrected chi connectivity index (χ4v) is 2.90. The molecule has 1 saturated heterocycles. The van der Waals surface area contributed by atoms with Gasteiger partial charge in [-0.25, -0.2) is 0 Å². The van der Waals surface area contributed by atoms with Gasteiger partial charge in [-0.15, -0.1) is 12.4 Å². The maximum Gasteiger partial charge on any atom is 0.123 e. The number of rotatable bonds is 4. The van der Waals surface area contributed by atoms with Crippen molar-refractivity contribution in [3.05, 3.63) is 28.2 Å². The predicted molar refractivity (Wildman–Crippen MR) is 85.3 cm³/mol. The van der Waals surface area contributed by atoms with Crippen LogP contribution in [-0.2, 0) is 6.54 Å². The molecule has 1 aliphatic rings. The third-order valence-electron chi connectivity index (χ3n) is 3.63. The van der Waals surface area contributed by atoms with Gasteiger partial charge in [-0.2, -0.15) is 0 Å². The minimum atomic E-state index is 0. The number of hydrogen-bond donors (Lipinski definition) is 1. The number of likely N-dealkylation sites (tertiary alicyclic amines) is 1. The van der Waals surface area contributed by atoms with Crippen molar-refractivity contribution in [1.82, 2.24) is 10.2 Å². The molecule has 1 aliphatic heterocycles. The largest absolute Gasteiger partial charge is 0.496 e. The second kappa shape index (κ2) is 8.10. The lowest BCUT2D eigenvalue weighted by Gasteiger charge is -2.32. The van der Waals surface area contributed by atoms with Gasteiger partial charge >= 0.3 is 0 Å². The van der Waals surface area contributed by atoms with E-state index in [-0.39, 0.29) is 12.4 Å². The van der Waals surface area contributed by atoms with E-state index < -0.39 is 0 Å². The van der Waals surface area contributed by atoms with Crippen molar-refractivity contribution in [3.63, 3.8) is 0 Å². The summed E-state index contributed by atoms with van der Waals surface area (Å²) in [5.41, 5.74) is 1.26. The summed E-state index contributed by atoms with van der Waals surface area (Å²) in [7, 11) is 3.79. The molecule has 0 aromatic heterocycles. The highest BCUT2D eigenvalue weighted by molar-refractivity contribution is 9.10. The summed E-state index contributed by atoms with van der Waals surface area (Å²) in [6.45, 7) is 3.28. The van der Waals surface area contributed by atoms with E-state index in [9.17, 15) is 0 Å². The molecule has 19 heavy (non-hydrogen) atoms. The number of halogens is 2. The van der Waals surface area contributed by atoms with Crippen LogP contribution in [0.15, 0.2) is 22.7 Å². The lowest BCUT2D eigenvalue weighted by Crippen LogP contribution is -2.40. The molecule has 1 aromatic carbocycles.